The first-order valence-corrected chi connectivity index (χ1v) is 5.08. The molecule has 0 spiro atoms. The van der Waals surface area contributed by atoms with Crippen LogP contribution < -0.4 is 9.47 Å². The molecule has 3 nitrogen and oxygen atoms in total. The summed E-state index contributed by atoms with van der Waals surface area (Å²) in [5.74, 6) is -0.239. The first-order valence-electron chi connectivity index (χ1n) is 5.08. The largest absolute Gasteiger partial charge is 0.492 e. The fourth-order valence-corrected chi connectivity index (χ4v) is 1.66. The lowest BCUT2D eigenvalue weighted by Crippen LogP contribution is -2.06. The van der Waals surface area contributed by atoms with Crippen molar-refractivity contribution in [2.75, 3.05) is 20.8 Å². The number of aryl methyl sites for hydroxylation is 1. The fourth-order valence-electron chi connectivity index (χ4n) is 1.66. The van der Waals surface area contributed by atoms with Gasteiger partial charge in [0.05, 0.1) is 14.2 Å². The van der Waals surface area contributed by atoms with E-state index in [1.54, 1.807) is 13.0 Å². The molecule has 1 unspecified atom stereocenters. The third kappa shape index (κ3) is 2.11. The third-order valence-corrected chi connectivity index (χ3v) is 2.60. The van der Waals surface area contributed by atoms with E-state index >= 15 is 0 Å². The Kier molecular flexibility index (Phi) is 4.12. The molecule has 90 valence electrons. The Bertz CT molecular complexity index is 377. The van der Waals surface area contributed by atoms with E-state index in [0.717, 1.165) is 5.56 Å². The highest BCUT2D eigenvalue weighted by atomic mass is 19.1. The van der Waals surface area contributed by atoms with Gasteiger partial charge in [0.25, 0.3) is 0 Å². The molecule has 1 aromatic rings. The number of hydrogen-bond acceptors (Lipinski definition) is 3. The van der Waals surface area contributed by atoms with Gasteiger partial charge in [-0.3, -0.25) is 0 Å². The quantitative estimate of drug-likeness (QED) is 0.859. The number of rotatable bonds is 4. The van der Waals surface area contributed by atoms with Crippen molar-refractivity contribution in [3.05, 3.63) is 23.0 Å². The maximum Gasteiger partial charge on any atom is 0.197 e. The number of aliphatic hydroxyl groups is 1. The van der Waals surface area contributed by atoms with Gasteiger partial charge in [-0.2, -0.15) is 0 Å². The molecule has 0 aliphatic carbocycles. The highest BCUT2D eigenvalue weighted by Crippen LogP contribution is 2.37. The molecule has 4 heteroatoms. The van der Waals surface area contributed by atoms with Crippen LogP contribution in [-0.4, -0.2) is 25.9 Å². The fraction of sp³-hybridized carbons (Fsp3) is 0.500. The SMILES string of the molecule is COc1c(C)cc(C(C)CO)c(F)c1OC. The Labute approximate surface area is 94.8 Å². The van der Waals surface area contributed by atoms with Gasteiger partial charge in [-0.1, -0.05) is 6.92 Å². The molecule has 1 aromatic carbocycles. The summed E-state index contributed by atoms with van der Waals surface area (Å²) in [6.07, 6.45) is 0. The maximum absolute atomic E-state index is 14.0. The molecule has 0 fully saturated rings. The maximum atomic E-state index is 14.0. The van der Waals surface area contributed by atoms with Crippen LogP contribution in [0.2, 0.25) is 0 Å². The standard InChI is InChI=1S/C12H17FO3/c1-7-5-9(8(2)6-14)10(13)12(16-4)11(7)15-3/h5,8,14H,6H2,1-4H3. The predicted molar refractivity (Wildman–Crippen MR) is 59.7 cm³/mol. The Morgan fingerprint density at radius 2 is 1.88 bits per heavy atom. The molecule has 0 aliphatic rings. The number of methoxy groups -OCH3 is 2. The Balaban J connectivity index is 3.39. The molecule has 0 saturated heterocycles. The number of benzene rings is 1. The van der Waals surface area contributed by atoms with E-state index in [0.29, 0.717) is 11.3 Å². The van der Waals surface area contributed by atoms with Gasteiger partial charge in [-0.05, 0) is 24.1 Å². The van der Waals surface area contributed by atoms with Gasteiger partial charge in [0.1, 0.15) is 0 Å². The lowest BCUT2D eigenvalue weighted by Gasteiger charge is -2.17. The molecule has 1 atom stereocenters. The van der Waals surface area contributed by atoms with Gasteiger partial charge in [-0.15, -0.1) is 0 Å². The average Bonchev–Trinajstić information content (AvgIpc) is 2.29. The molecule has 0 radical (unpaired) electrons. The third-order valence-electron chi connectivity index (χ3n) is 2.60. The summed E-state index contributed by atoms with van der Waals surface area (Å²) >= 11 is 0. The molecule has 0 bridgehead atoms. The first kappa shape index (κ1) is 12.8. The van der Waals surface area contributed by atoms with Gasteiger partial charge < -0.3 is 14.6 Å². The highest BCUT2D eigenvalue weighted by Gasteiger charge is 2.20. The van der Waals surface area contributed by atoms with Crippen molar-refractivity contribution in [2.45, 2.75) is 19.8 Å². The second kappa shape index (κ2) is 5.16. The van der Waals surface area contributed by atoms with Crippen molar-refractivity contribution in [1.82, 2.24) is 0 Å². The van der Waals surface area contributed by atoms with Gasteiger partial charge in [0.2, 0.25) is 0 Å². The van der Waals surface area contributed by atoms with Gasteiger partial charge in [-0.25, -0.2) is 4.39 Å². The highest BCUT2D eigenvalue weighted by molar-refractivity contribution is 5.51. The summed E-state index contributed by atoms with van der Waals surface area (Å²) in [6.45, 7) is 3.46. The van der Waals surface area contributed by atoms with E-state index in [-0.39, 0.29) is 18.3 Å². The monoisotopic (exact) mass is 228 g/mol. The smallest absolute Gasteiger partial charge is 0.197 e. The number of halogens is 1. The van der Waals surface area contributed by atoms with E-state index in [2.05, 4.69) is 0 Å². The van der Waals surface area contributed by atoms with Crippen LogP contribution in [0.4, 0.5) is 4.39 Å². The summed E-state index contributed by atoms with van der Waals surface area (Å²) in [5.41, 5.74) is 1.23. The number of ether oxygens (including phenoxy) is 2. The van der Waals surface area contributed by atoms with Crippen LogP contribution in [0.25, 0.3) is 0 Å². The topological polar surface area (TPSA) is 38.7 Å². The second-order valence-electron chi connectivity index (χ2n) is 3.75. The number of hydrogen-bond donors (Lipinski definition) is 1. The first-order chi connectivity index (χ1) is 7.56. The number of aliphatic hydroxyl groups excluding tert-OH is 1. The minimum absolute atomic E-state index is 0.0952. The Hall–Kier alpha value is -1.29. The summed E-state index contributed by atoms with van der Waals surface area (Å²) < 4.78 is 24.1. The molecule has 1 rings (SSSR count). The zero-order valence-corrected chi connectivity index (χ0v) is 10.0. The van der Waals surface area contributed by atoms with Crippen LogP contribution in [0.1, 0.15) is 24.0 Å². The molecule has 0 saturated carbocycles. The summed E-state index contributed by atoms with van der Waals surface area (Å²) in [4.78, 5) is 0. The van der Waals surface area contributed by atoms with Gasteiger partial charge in [0, 0.05) is 12.5 Å². The van der Waals surface area contributed by atoms with E-state index in [1.807, 2.05) is 6.92 Å². The van der Waals surface area contributed by atoms with Crippen LogP contribution >= 0.6 is 0 Å². The summed E-state index contributed by atoms with van der Waals surface area (Å²) in [5, 5.41) is 9.05. The lowest BCUT2D eigenvalue weighted by atomic mass is 9.98. The van der Waals surface area contributed by atoms with Crippen molar-refractivity contribution in [3.63, 3.8) is 0 Å². The summed E-state index contributed by atoms with van der Waals surface area (Å²) in [7, 11) is 2.87. The van der Waals surface area contributed by atoms with E-state index < -0.39 is 5.82 Å². The Morgan fingerprint density at radius 1 is 1.31 bits per heavy atom. The van der Waals surface area contributed by atoms with Crippen LogP contribution in [0.5, 0.6) is 11.5 Å². The molecular weight excluding hydrogens is 211 g/mol. The van der Waals surface area contributed by atoms with Gasteiger partial charge >= 0.3 is 0 Å². The van der Waals surface area contributed by atoms with E-state index in [1.165, 1.54) is 14.2 Å². The Morgan fingerprint density at radius 3 is 2.31 bits per heavy atom. The zero-order valence-electron chi connectivity index (χ0n) is 10.0. The van der Waals surface area contributed by atoms with Crippen LogP contribution in [0.15, 0.2) is 6.07 Å². The molecule has 1 N–H and O–H groups in total. The van der Waals surface area contributed by atoms with Crippen molar-refractivity contribution in [3.8, 4) is 11.5 Å². The molecule has 0 amide bonds. The van der Waals surface area contributed by atoms with Gasteiger partial charge in [0.15, 0.2) is 17.3 Å². The van der Waals surface area contributed by atoms with Crippen LogP contribution in [-0.2, 0) is 0 Å². The van der Waals surface area contributed by atoms with Crippen molar-refractivity contribution < 1.29 is 19.0 Å². The van der Waals surface area contributed by atoms with Crippen LogP contribution in [0.3, 0.4) is 0 Å². The van der Waals surface area contributed by atoms with Crippen molar-refractivity contribution in [2.24, 2.45) is 0 Å². The molecule has 0 aromatic heterocycles. The van der Waals surface area contributed by atoms with Crippen molar-refractivity contribution in [1.29, 1.82) is 0 Å². The van der Waals surface area contributed by atoms with E-state index in [9.17, 15) is 4.39 Å². The van der Waals surface area contributed by atoms with E-state index in [4.69, 9.17) is 14.6 Å². The van der Waals surface area contributed by atoms with Crippen LogP contribution in [0, 0.1) is 12.7 Å². The lowest BCUT2D eigenvalue weighted by molar-refractivity contribution is 0.268. The molecule has 16 heavy (non-hydrogen) atoms. The minimum Gasteiger partial charge on any atom is -0.492 e. The second-order valence-corrected chi connectivity index (χ2v) is 3.75. The molecular formula is C12H17FO3. The minimum atomic E-state index is -0.466. The average molecular weight is 228 g/mol. The molecule has 0 aliphatic heterocycles. The zero-order chi connectivity index (χ0) is 12.3. The van der Waals surface area contributed by atoms with Crippen molar-refractivity contribution >= 4 is 0 Å². The summed E-state index contributed by atoms with van der Waals surface area (Å²) in [6, 6.07) is 1.68. The normalized spacial score (nSPS) is 12.4. The predicted octanol–water partition coefficient (Wildman–Crippen LogP) is 2.25. The molecule has 0 heterocycles.